The largest absolute Gasteiger partial charge is 0.550 e. The van der Waals surface area contributed by atoms with Crippen molar-refractivity contribution in [3.8, 4) is 0 Å². The number of carbonyl (C=O) groups excluding carboxylic acids is 1. The standard InChI is InChI=1S/C8H20NO.C3H6O3/c1-5-9(3,6-2)7-8-10-4;1-2-6-3(4)5/h5-8H2,1-4H3;2H2,1H3,(H,4,5)/q+1;/p-1. The molecule has 0 aliphatic rings. The highest BCUT2D eigenvalue weighted by atomic mass is 16.7. The van der Waals surface area contributed by atoms with Gasteiger partial charge >= 0.3 is 0 Å². The molecule has 0 bridgehead atoms. The van der Waals surface area contributed by atoms with Crippen molar-refractivity contribution in [2.45, 2.75) is 20.8 Å². The van der Waals surface area contributed by atoms with E-state index in [9.17, 15) is 9.90 Å². The smallest absolute Gasteiger partial charge is 0.251 e. The first-order valence-corrected chi connectivity index (χ1v) is 5.62. The lowest BCUT2D eigenvalue weighted by Gasteiger charge is -2.31. The molecular formula is C11H25NO4. The molecule has 0 heterocycles. The predicted molar refractivity (Wildman–Crippen MR) is 61.0 cm³/mol. The summed E-state index contributed by atoms with van der Waals surface area (Å²) in [5, 5.41) is 9.27. The molecule has 0 spiro atoms. The van der Waals surface area contributed by atoms with Crippen molar-refractivity contribution in [3.63, 3.8) is 0 Å². The first kappa shape index (κ1) is 17.6. The molecule has 16 heavy (non-hydrogen) atoms. The molecule has 5 heteroatoms. The van der Waals surface area contributed by atoms with Crippen molar-refractivity contribution in [3.05, 3.63) is 0 Å². The highest BCUT2D eigenvalue weighted by Gasteiger charge is 2.14. The van der Waals surface area contributed by atoms with Gasteiger partial charge in [0, 0.05) is 13.7 Å². The van der Waals surface area contributed by atoms with Crippen molar-refractivity contribution in [1.82, 2.24) is 0 Å². The van der Waals surface area contributed by atoms with Crippen LogP contribution in [-0.4, -0.2) is 57.6 Å². The maximum atomic E-state index is 9.27. The maximum Gasteiger partial charge on any atom is 0.251 e. The number of hydrogen-bond donors (Lipinski definition) is 0. The van der Waals surface area contributed by atoms with E-state index in [1.807, 2.05) is 0 Å². The van der Waals surface area contributed by atoms with Crippen LogP contribution in [0.4, 0.5) is 4.79 Å². The van der Waals surface area contributed by atoms with Crippen molar-refractivity contribution in [2.24, 2.45) is 0 Å². The monoisotopic (exact) mass is 235 g/mol. The fourth-order valence-electron chi connectivity index (χ4n) is 0.969. The summed E-state index contributed by atoms with van der Waals surface area (Å²) in [7, 11) is 4.02. The van der Waals surface area contributed by atoms with Crippen LogP contribution in [0.1, 0.15) is 20.8 Å². The van der Waals surface area contributed by atoms with Gasteiger partial charge in [0.05, 0.1) is 26.7 Å². The third-order valence-corrected chi connectivity index (χ3v) is 2.62. The van der Waals surface area contributed by atoms with Gasteiger partial charge in [-0.25, -0.2) is 0 Å². The molecular weight excluding hydrogens is 210 g/mol. The van der Waals surface area contributed by atoms with Gasteiger partial charge in [-0.2, -0.15) is 0 Å². The molecule has 5 nitrogen and oxygen atoms in total. The summed E-state index contributed by atoms with van der Waals surface area (Å²) in [6.45, 7) is 10.6. The lowest BCUT2D eigenvalue weighted by molar-refractivity contribution is -0.906. The molecule has 0 unspecified atom stereocenters. The third-order valence-electron chi connectivity index (χ3n) is 2.62. The second-order valence-electron chi connectivity index (χ2n) is 3.65. The van der Waals surface area contributed by atoms with Gasteiger partial charge in [0.1, 0.15) is 6.54 Å². The number of methoxy groups -OCH3 is 1. The summed E-state index contributed by atoms with van der Waals surface area (Å²) in [5.41, 5.74) is 0. The number of carbonyl (C=O) groups is 1. The number of carboxylic acid groups (broad SMARTS) is 1. The van der Waals surface area contributed by atoms with Crippen LogP contribution in [0, 0.1) is 0 Å². The minimum Gasteiger partial charge on any atom is -0.550 e. The molecule has 0 aromatic heterocycles. The Balaban J connectivity index is 0. The zero-order chi connectivity index (χ0) is 13.0. The summed E-state index contributed by atoms with van der Waals surface area (Å²) in [5.74, 6) is 0. The van der Waals surface area contributed by atoms with Crippen molar-refractivity contribution >= 4 is 6.16 Å². The molecule has 0 aromatic rings. The average Bonchev–Trinajstić information content (AvgIpc) is 2.26. The minimum absolute atomic E-state index is 0.169. The number of rotatable bonds is 6. The Kier molecular flexibility index (Phi) is 11.8. The number of nitrogens with zero attached hydrogens (tertiary/aromatic N) is 1. The number of hydrogen-bond acceptors (Lipinski definition) is 4. The lowest BCUT2D eigenvalue weighted by Crippen LogP contribution is -2.45. The average molecular weight is 235 g/mol. The lowest BCUT2D eigenvalue weighted by atomic mass is 10.4. The van der Waals surface area contributed by atoms with Crippen molar-refractivity contribution in [2.75, 3.05) is 47.0 Å². The van der Waals surface area contributed by atoms with Crippen LogP contribution in [0.2, 0.25) is 0 Å². The summed E-state index contributed by atoms with van der Waals surface area (Å²) in [6, 6.07) is 0. The van der Waals surface area contributed by atoms with Crippen LogP contribution in [0.15, 0.2) is 0 Å². The summed E-state index contributed by atoms with van der Waals surface area (Å²) in [4.78, 5) is 9.27. The fourth-order valence-corrected chi connectivity index (χ4v) is 0.969. The molecule has 0 radical (unpaired) electrons. The highest BCUT2D eigenvalue weighted by molar-refractivity contribution is 5.53. The SMILES string of the molecule is CCOC(=O)[O-].CC[N+](C)(CC)CCOC. The Labute approximate surface area is 98.5 Å². The van der Waals surface area contributed by atoms with E-state index >= 15 is 0 Å². The summed E-state index contributed by atoms with van der Waals surface area (Å²) in [6.07, 6.45) is -1.46. The maximum absolute atomic E-state index is 9.27. The zero-order valence-corrected chi connectivity index (χ0v) is 11.1. The summed E-state index contributed by atoms with van der Waals surface area (Å²) < 4.78 is 9.99. The van der Waals surface area contributed by atoms with E-state index in [1.165, 1.54) is 13.1 Å². The number of likely N-dealkylation sites (N-methyl/N-ethyl adjacent to an activating group) is 1. The molecule has 0 aliphatic heterocycles. The Morgan fingerprint density at radius 2 is 1.75 bits per heavy atom. The highest BCUT2D eigenvalue weighted by Crippen LogP contribution is 1.99. The van der Waals surface area contributed by atoms with Crippen LogP contribution >= 0.6 is 0 Å². The normalized spacial score (nSPS) is 10.3. The van der Waals surface area contributed by atoms with Gasteiger partial charge in [-0.15, -0.1) is 0 Å². The van der Waals surface area contributed by atoms with Crippen LogP contribution in [0.25, 0.3) is 0 Å². The Morgan fingerprint density at radius 1 is 1.25 bits per heavy atom. The van der Waals surface area contributed by atoms with E-state index < -0.39 is 6.16 Å². The second-order valence-corrected chi connectivity index (χ2v) is 3.65. The van der Waals surface area contributed by atoms with Gasteiger partial charge < -0.3 is 23.9 Å². The Bertz CT molecular complexity index is 169. The predicted octanol–water partition coefficient (Wildman–Crippen LogP) is 0.485. The zero-order valence-electron chi connectivity index (χ0n) is 11.1. The van der Waals surface area contributed by atoms with E-state index in [1.54, 1.807) is 14.0 Å². The Hall–Kier alpha value is -0.810. The van der Waals surface area contributed by atoms with Gasteiger partial charge in [0.25, 0.3) is 6.16 Å². The molecule has 0 amide bonds. The Morgan fingerprint density at radius 3 is 1.94 bits per heavy atom. The van der Waals surface area contributed by atoms with Gasteiger partial charge in [-0.1, -0.05) is 0 Å². The molecule has 0 atom stereocenters. The van der Waals surface area contributed by atoms with Crippen LogP contribution in [0.5, 0.6) is 0 Å². The molecule has 0 rings (SSSR count). The third kappa shape index (κ3) is 11.3. The van der Waals surface area contributed by atoms with E-state index in [2.05, 4.69) is 25.6 Å². The van der Waals surface area contributed by atoms with E-state index in [0.717, 1.165) is 17.6 Å². The van der Waals surface area contributed by atoms with E-state index in [-0.39, 0.29) is 6.61 Å². The first-order valence-electron chi connectivity index (χ1n) is 5.62. The van der Waals surface area contributed by atoms with Gasteiger partial charge in [0.2, 0.25) is 0 Å². The van der Waals surface area contributed by atoms with Crippen LogP contribution < -0.4 is 5.11 Å². The van der Waals surface area contributed by atoms with Crippen molar-refractivity contribution in [1.29, 1.82) is 0 Å². The van der Waals surface area contributed by atoms with E-state index in [4.69, 9.17) is 4.74 Å². The molecule has 0 N–H and O–H groups in total. The molecule has 0 aromatic carbocycles. The molecule has 0 saturated heterocycles. The minimum atomic E-state index is -1.46. The quantitative estimate of drug-likeness (QED) is 0.496. The number of ether oxygens (including phenoxy) is 2. The fraction of sp³-hybridized carbons (Fsp3) is 0.909. The van der Waals surface area contributed by atoms with Crippen LogP contribution in [-0.2, 0) is 9.47 Å². The van der Waals surface area contributed by atoms with Crippen molar-refractivity contribution < 1.29 is 23.9 Å². The molecule has 0 aliphatic carbocycles. The van der Waals surface area contributed by atoms with Gasteiger partial charge in [-0.3, -0.25) is 0 Å². The number of quaternary nitrogens is 1. The van der Waals surface area contributed by atoms with E-state index in [0.29, 0.717) is 0 Å². The molecule has 0 fully saturated rings. The topological polar surface area (TPSA) is 58.6 Å². The van der Waals surface area contributed by atoms with Crippen LogP contribution in [0.3, 0.4) is 0 Å². The molecule has 0 saturated carbocycles. The second kappa shape index (κ2) is 10.7. The first-order chi connectivity index (χ1) is 7.45. The van der Waals surface area contributed by atoms with Gasteiger partial charge in [0.15, 0.2) is 0 Å². The van der Waals surface area contributed by atoms with Gasteiger partial charge in [-0.05, 0) is 20.8 Å². The summed E-state index contributed by atoms with van der Waals surface area (Å²) >= 11 is 0. The molecule has 98 valence electrons.